The number of benzene rings is 4. The van der Waals surface area contributed by atoms with Crippen molar-refractivity contribution in [3.05, 3.63) is 139 Å². The summed E-state index contributed by atoms with van der Waals surface area (Å²) in [7, 11) is 0. The Hall–Kier alpha value is -4.68. The topological polar surface area (TPSA) is 29.0 Å². The summed E-state index contributed by atoms with van der Waals surface area (Å²) in [6, 6.07) is 37.2. The molecule has 0 aliphatic heterocycles. The van der Waals surface area contributed by atoms with Gasteiger partial charge in [-0.1, -0.05) is 60.4 Å². The fourth-order valence-corrected chi connectivity index (χ4v) is 3.61. The fourth-order valence-electron chi connectivity index (χ4n) is 3.61. The minimum absolute atomic E-state index is 0.856. The van der Waals surface area contributed by atoms with Gasteiger partial charge in [-0.15, -0.1) is 0 Å². The van der Waals surface area contributed by atoms with E-state index in [-0.39, 0.29) is 0 Å². The molecule has 0 fully saturated rings. The highest BCUT2D eigenvalue weighted by molar-refractivity contribution is 5.76. The van der Waals surface area contributed by atoms with Gasteiger partial charge in [0, 0.05) is 46.1 Å². The highest BCUT2D eigenvalue weighted by atomic mass is 15.1. The van der Waals surface area contributed by atoms with Crippen molar-refractivity contribution in [2.75, 3.05) is 4.90 Å². The molecule has 5 rings (SSSR count). The molecule has 0 unspecified atom stereocenters. The van der Waals surface area contributed by atoms with Gasteiger partial charge in [-0.3, -0.25) is 9.97 Å². The SMILES string of the molecule is C(#Cc1ccc(N(c2ccccc2)c2ccccc2)cc1)c1ccc(-c2cnccn2)cc1. The van der Waals surface area contributed by atoms with Gasteiger partial charge in [0.05, 0.1) is 11.9 Å². The lowest BCUT2D eigenvalue weighted by Crippen LogP contribution is -2.09. The van der Waals surface area contributed by atoms with Crippen LogP contribution in [0.25, 0.3) is 11.3 Å². The van der Waals surface area contributed by atoms with Crippen molar-refractivity contribution in [2.24, 2.45) is 0 Å². The molecule has 0 aliphatic carbocycles. The van der Waals surface area contributed by atoms with E-state index in [0.717, 1.165) is 39.4 Å². The zero-order chi connectivity index (χ0) is 22.3. The third-order valence-corrected chi connectivity index (χ3v) is 5.25. The molecule has 0 amide bonds. The van der Waals surface area contributed by atoms with Crippen LogP contribution < -0.4 is 4.90 Å². The largest absolute Gasteiger partial charge is 0.311 e. The molecule has 0 spiro atoms. The summed E-state index contributed by atoms with van der Waals surface area (Å²) in [5, 5.41) is 0. The number of anilines is 3. The number of rotatable bonds is 4. The molecule has 0 saturated carbocycles. The summed E-state index contributed by atoms with van der Waals surface area (Å²) in [6.07, 6.45) is 5.13. The van der Waals surface area contributed by atoms with Crippen molar-refractivity contribution in [3.8, 4) is 23.1 Å². The smallest absolute Gasteiger partial charge is 0.0885 e. The van der Waals surface area contributed by atoms with E-state index in [4.69, 9.17) is 0 Å². The monoisotopic (exact) mass is 423 g/mol. The number of hydrogen-bond acceptors (Lipinski definition) is 3. The number of para-hydroxylation sites is 2. The Bertz CT molecular complexity index is 1330. The average Bonchev–Trinajstić information content (AvgIpc) is 2.90. The van der Waals surface area contributed by atoms with Crippen LogP contribution in [0.3, 0.4) is 0 Å². The lowest BCUT2D eigenvalue weighted by atomic mass is 10.1. The maximum Gasteiger partial charge on any atom is 0.0885 e. The van der Waals surface area contributed by atoms with Gasteiger partial charge in [0.2, 0.25) is 0 Å². The van der Waals surface area contributed by atoms with E-state index >= 15 is 0 Å². The lowest BCUT2D eigenvalue weighted by molar-refractivity contribution is 1.21. The molecule has 0 atom stereocenters. The number of aromatic nitrogens is 2. The standard InChI is InChI=1S/C30H21N3/c1-3-7-27(8-4-1)33(28-9-5-2-6-10-28)29-19-15-25(16-20-29)12-11-24-13-17-26(18-14-24)30-23-31-21-22-32-30/h1-10,13-23H. The third-order valence-electron chi connectivity index (χ3n) is 5.25. The molecular weight excluding hydrogens is 402 g/mol. The second-order valence-corrected chi connectivity index (χ2v) is 7.47. The Morgan fingerprint density at radius 3 is 1.55 bits per heavy atom. The summed E-state index contributed by atoms with van der Waals surface area (Å²) in [5.74, 6) is 6.52. The molecule has 0 aliphatic rings. The second-order valence-electron chi connectivity index (χ2n) is 7.47. The van der Waals surface area contributed by atoms with Crippen molar-refractivity contribution in [1.29, 1.82) is 0 Å². The van der Waals surface area contributed by atoms with E-state index in [1.807, 2.05) is 36.4 Å². The van der Waals surface area contributed by atoms with Gasteiger partial charge in [0.25, 0.3) is 0 Å². The quantitative estimate of drug-likeness (QED) is 0.291. The van der Waals surface area contributed by atoms with Crippen LogP contribution in [0.1, 0.15) is 11.1 Å². The van der Waals surface area contributed by atoms with E-state index in [1.165, 1.54) is 0 Å². The first-order valence-electron chi connectivity index (χ1n) is 10.8. The average molecular weight is 424 g/mol. The molecule has 5 aromatic rings. The molecule has 0 radical (unpaired) electrons. The van der Waals surface area contributed by atoms with Crippen LogP contribution in [-0.2, 0) is 0 Å². The van der Waals surface area contributed by atoms with Gasteiger partial charge >= 0.3 is 0 Å². The molecule has 33 heavy (non-hydrogen) atoms. The second kappa shape index (κ2) is 9.64. The molecule has 3 nitrogen and oxygen atoms in total. The van der Waals surface area contributed by atoms with Gasteiger partial charge < -0.3 is 4.90 Å². The van der Waals surface area contributed by atoms with Gasteiger partial charge in [-0.05, 0) is 60.7 Å². The van der Waals surface area contributed by atoms with Gasteiger partial charge in [-0.25, -0.2) is 0 Å². The first-order chi connectivity index (χ1) is 16.4. The van der Waals surface area contributed by atoms with E-state index in [1.54, 1.807) is 18.6 Å². The Morgan fingerprint density at radius 2 is 1.03 bits per heavy atom. The maximum absolute atomic E-state index is 4.34. The van der Waals surface area contributed by atoms with Crippen molar-refractivity contribution in [1.82, 2.24) is 9.97 Å². The normalized spacial score (nSPS) is 10.2. The maximum atomic E-state index is 4.34. The minimum Gasteiger partial charge on any atom is -0.311 e. The molecule has 1 heterocycles. The van der Waals surface area contributed by atoms with Crippen LogP contribution in [-0.4, -0.2) is 9.97 Å². The highest BCUT2D eigenvalue weighted by Crippen LogP contribution is 2.33. The van der Waals surface area contributed by atoms with Crippen LogP contribution in [0.4, 0.5) is 17.1 Å². The lowest BCUT2D eigenvalue weighted by Gasteiger charge is -2.25. The summed E-state index contributed by atoms with van der Waals surface area (Å²) >= 11 is 0. The number of nitrogens with zero attached hydrogens (tertiary/aromatic N) is 3. The minimum atomic E-state index is 0.856. The Kier molecular flexibility index (Phi) is 5.91. The van der Waals surface area contributed by atoms with Crippen LogP contribution >= 0.6 is 0 Å². The Balaban J connectivity index is 1.38. The summed E-state index contributed by atoms with van der Waals surface area (Å²) < 4.78 is 0. The van der Waals surface area contributed by atoms with Gasteiger partial charge in [-0.2, -0.15) is 0 Å². The van der Waals surface area contributed by atoms with E-state index in [0.29, 0.717) is 0 Å². The van der Waals surface area contributed by atoms with E-state index in [9.17, 15) is 0 Å². The Labute approximate surface area is 194 Å². The van der Waals surface area contributed by atoms with Crippen molar-refractivity contribution in [2.45, 2.75) is 0 Å². The summed E-state index contributed by atoms with van der Waals surface area (Å²) in [4.78, 5) is 10.7. The molecule has 1 aromatic heterocycles. The molecule has 0 N–H and O–H groups in total. The zero-order valence-electron chi connectivity index (χ0n) is 18.0. The highest BCUT2D eigenvalue weighted by Gasteiger charge is 2.11. The van der Waals surface area contributed by atoms with Crippen LogP contribution in [0.5, 0.6) is 0 Å². The van der Waals surface area contributed by atoms with Crippen molar-refractivity contribution >= 4 is 17.1 Å². The summed E-state index contributed by atoms with van der Waals surface area (Å²) in [5.41, 5.74) is 7.14. The van der Waals surface area contributed by atoms with Crippen LogP contribution in [0, 0.1) is 11.8 Å². The van der Waals surface area contributed by atoms with Crippen molar-refractivity contribution < 1.29 is 0 Å². The summed E-state index contributed by atoms with van der Waals surface area (Å²) in [6.45, 7) is 0. The fraction of sp³-hybridized carbons (Fsp3) is 0. The predicted molar refractivity (Wildman–Crippen MR) is 135 cm³/mol. The Morgan fingerprint density at radius 1 is 0.515 bits per heavy atom. The van der Waals surface area contributed by atoms with Crippen molar-refractivity contribution in [3.63, 3.8) is 0 Å². The molecule has 0 bridgehead atoms. The number of hydrogen-bond donors (Lipinski definition) is 0. The van der Waals surface area contributed by atoms with E-state index in [2.05, 4.69) is 99.5 Å². The van der Waals surface area contributed by atoms with E-state index < -0.39 is 0 Å². The van der Waals surface area contributed by atoms with Gasteiger partial charge in [0.15, 0.2) is 0 Å². The molecule has 156 valence electrons. The zero-order valence-corrected chi connectivity index (χ0v) is 18.0. The van der Waals surface area contributed by atoms with Crippen LogP contribution in [0.15, 0.2) is 128 Å². The molecule has 0 saturated heterocycles. The molecule has 3 heteroatoms. The van der Waals surface area contributed by atoms with Crippen LogP contribution in [0.2, 0.25) is 0 Å². The first kappa shape index (κ1) is 20.2. The first-order valence-corrected chi connectivity index (χ1v) is 10.8. The predicted octanol–water partition coefficient (Wildman–Crippen LogP) is 7.01. The third kappa shape index (κ3) is 4.81. The molecular formula is C30H21N3. The van der Waals surface area contributed by atoms with Gasteiger partial charge in [0.1, 0.15) is 0 Å². The molecule has 4 aromatic carbocycles.